The van der Waals surface area contributed by atoms with Gasteiger partial charge in [0.15, 0.2) is 5.11 Å². The van der Waals surface area contributed by atoms with E-state index in [-0.39, 0.29) is 12.5 Å². The van der Waals surface area contributed by atoms with Crippen molar-refractivity contribution in [2.45, 2.75) is 52.0 Å². The average molecular weight is 323 g/mol. The standard InChI is InChI=1S/C15H25N5OS/c1-10-14(11(2)20(3)19-10)18-13(21)9-16-15(22)17-12-7-5-4-6-8-12/h12H,4-9H2,1-3H3,(H,18,21)(H2,16,17,22). The van der Waals surface area contributed by atoms with Gasteiger partial charge in [-0.25, -0.2) is 0 Å². The highest BCUT2D eigenvalue weighted by atomic mass is 32.1. The average Bonchev–Trinajstić information content (AvgIpc) is 2.73. The highest BCUT2D eigenvalue weighted by Crippen LogP contribution is 2.18. The fourth-order valence-electron chi connectivity index (χ4n) is 2.78. The van der Waals surface area contributed by atoms with Gasteiger partial charge < -0.3 is 16.0 Å². The Balaban J connectivity index is 1.76. The van der Waals surface area contributed by atoms with Gasteiger partial charge in [-0.2, -0.15) is 5.10 Å². The normalized spacial score (nSPS) is 15.4. The van der Waals surface area contributed by atoms with E-state index in [1.165, 1.54) is 19.3 Å². The largest absolute Gasteiger partial charge is 0.360 e. The van der Waals surface area contributed by atoms with Gasteiger partial charge in [0.25, 0.3) is 0 Å². The molecule has 0 bridgehead atoms. The van der Waals surface area contributed by atoms with Crippen LogP contribution in [0.25, 0.3) is 0 Å². The third kappa shape index (κ3) is 4.43. The number of nitrogens with one attached hydrogen (secondary N) is 3. The van der Waals surface area contributed by atoms with E-state index in [1.54, 1.807) is 4.68 Å². The van der Waals surface area contributed by atoms with Crippen molar-refractivity contribution in [3.05, 3.63) is 11.4 Å². The zero-order valence-corrected chi connectivity index (χ0v) is 14.3. The van der Waals surface area contributed by atoms with Crippen molar-refractivity contribution in [2.24, 2.45) is 7.05 Å². The van der Waals surface area contributed by atoms with Crippen LogP contribution < -0.4 is 16.0 Å². The lowest BCUT2D eigenvalue weighted by Crippen LogP contribution is -2.45. The molecule has 0 spiro atoms. The number of aryl methyl sites for hydroxylation is 2. The van der Waals surface area contributed by atoms with Gasteiger partial charge in [0.05, 0.1) is 23.6 Å². The highest BCUT2D eigenvalue weighted by molar-refractivity contribution is 7.80. The number of nitrogens with zero attached hydrogens (tertiary/aromatic N) is 2. The summed E-state index contributed by atoms with van der Waals surface area (Å²) in [6.45, 7) is 3.97. The Morgan fingerprint density at radius 3 is 2.59 bits per heavy atom. The quantitative estimate of drug-likeness (QED) is 0.737. The van der Waals surface area contributed by atoms with Crippen LogP contribution in [0.3, 0.4) is 0 Å². The number of hydrogen-bond acceptors (Lipinski definition) is 3. The molecule has 0 saturated heterocycles. The maximum atomic E-state index is 12.0. The first-order valence-electron chi connectivity index (χ1n) is 7.81. The maximum Gasteiger partial charge on any atom is 0.243 e. The van der Waals surface area contributed by atoms with E-state index >= 15 is 0 Å². The lowest BCUT2D eigenvalue weighted by molar-refractivity contribution is -0.115. The van der Waals surface area contributed by atoms with Crippen molar-refractivity contribution in [2.75, 3.05) is 11.9 Å². The molecule has 1 fully saturated rings. The summed E-state index contributed by atoms with van der Waals surface area (Å²) in [4.78, 5) is 12.0. The summed E-state index contributed by atoms with van der Waals surface area (Å²) < 4.78 is 1.76. The fourth-order valence-corrected chi connectivity index (χ4v) is 3.02. The number of aromatic nitrogens is 2. The molecule has 22 heavy (non-hydrogen) atoms. The van der Waals surface area contributed by atoms with Crippen LogP contribution in [-0.2, 0) is 11.8 Å². The van der Waals surface area contributed by atoms with Crippen molar-refractivity contribution in [1.29, 1.82) is 0 Å². The van der Waals surface area contributed by atoms with Crippen LogP contribution in [0.15, 0.2) is 0 Å². The van der Waals surface area contributed by atoms with Crippen LogP contribution in [0.5, 0.6) is 0 Å². The van der Waals surface area contributed by atoms with Gasteiger partial charge >= 0.3 is 0 Å². The first kappa shape index (κ1) is 16.7. The molecule has 0 aromatic carbocycles. The molecule has 1 heterocycles. The van der Waals surface area contributed by atoms with Crippen LogP contribution in [0.2, 0.25) is 0 Å². The summed E-state index contributed by atoms with van der Waals surface area (Å²) in [5.74, 6) is -0.119. The van der Waals surface area contributed by atoms with Crippen LogP contribution in [0.1, 0.15) is 43.5 Å². The fraction of sp³-hybridized carbons (Fsp3) is 0.667. The summed E-state index contributed by atoms with van der Waals surface area (Å²) in [6.07, 6.45) is 6.12. The van der Waals surface area contributed by atoms with Gasteiger partial charge in [-0.3, -0.25) is 9.48 Å². The first-order chi connectivity index (χ1) is 10.5. The second kappa shape index (κ2) is 7.58. The van der Waals surface area contributed by atoms with E-state index in [0.717, 1.165) is 29.9 Å². The molecule has 0 radical (unpaired) electrons. The lowest BCUT2D eigenvalue weighted by atomic mass is 9.96. The van der Waals surface area contributed by atoms with Crippen LogP contribution in [-0.4, -0.2) is 33.4 Å². The Bertz CT molecular complexity index is 548. The first-order valence-corrected chi connectivity index (χ1v) is 8.22. The Morgan fingerprint density at radius 2 is 2.00 bits per heavy atom. The van der Waals surface area contributed by atoms with E-state index in [4.69, 9.17) is 12.2 Å². The molecule has 1 aliphatic carbocycles. The number of rotatable bonds is 4. The van der Waals surface area contributed by atoms with E-state index in [9.17, 15) is 4.79 Å². The van der Waals surface area contributed by atoms with Crippen LogP contribution >= 0.6 is 12.2 Å². The molecule has 0 unspecified atom stereocenters. The van der Waals surface area contributed by atoms with Gasteiger partial charge in [0.2, 0.25) is 5.91 Å². The second-order valence-electron chi connectivity index (χ2n) is 5.88. The highest BCUT2D eigenvalue weighted by Gasteiger charge is 2.15. The molecular formula is C15H25N5OS. The summed E-state index contributed by atoms with van der Waals surface area (Å²) >= 11 is 5.25. The molecule has 1 amide bonds. The van der Waals surface area contributed by atoms with Gasteiger partial charge in [-0.05, 0) is 38.9 Å². The van der Waals surface area contributed by atoms with Gasteiger partial charge in [0.1, 0.15) is 0 Å². The van der Waals surface area contributed by atoms with Crippen molar-refractivity contribution in [3.63, 3.8) is 0 Å². The third-order valence-electron chi connectivity index (χ3n) is 4.12. The SMILES string of the molecule is Cc1nn(C)c(C)c1NC(=O)CNC(=S)NC1CCCCC1. The molecule has 122 valence electrons. The molecule has 0 atom stereocenters. The summed E-state index contributed by atoms with van der Waals surface area (Å²) in [7, 11) is 1.86. The molecule has 0 aliphatic heterocycles. The topological polar surface area (TPSA) is 71.0 Å². The molecule has 1 aliphatic rings. The summed E-state index contributed by atoms with van der Waals surface area (Å²) in [5.41, 5.74) is 2.53. The Kier molecular flexibility index (Phi) is 5.76. The van der Waals surface area contributed by atoms with Crippen molar-refractivity contribution in [3.8, 4) is 0 Å². The predicted octanol–water partition coefficient (Wildman–Crippen LogP) is 1.77. The molecule has 7 heteroatoms. The van der Waals surface area contributed by atoms with Gasteiger partial charge in [-0.15, -0.1) is 0 Å². The number of amides is 1. The summed E-state index contributed by atoms with van der Waals surface area (Å²) in [5, 5.41) is 14.0. The number of thiocarbonyl (C=S) groups is 1. The van der Waals surface area contributed by atoms with Crippen LogP contribution in [0.4, 0.5) is 5.69 Å². The molecule has 1 saturated carbocycles. The second-order valence-corrected chi connectivity index (χ2v) is 6.29. The molecule has 1 aromatic heterocycles. The van der Waals surface area contributed by atoms with E-state index in [0.29, 0.717) is 11.2 Å². The Hall–Kier alpha value is -1.63. The number of carbonyl (C=O) groups excluding carboxylic acids is 1. The van der Waals surface area contributed by atoms with E-state index in [2.05, 4.69) is 21.0 Å². The van der Waals surface area contributed by atoms with Crippen molar-refractivity contribution in [1.82, 2.24) is 20.4 Å². The molecule has 3 N–H and O–H groups in total. The zero-order valence-electron chi connectivity index (χ0n) is 13.5. The smallest absolute Gasteiger partial charge is 0.243 e. The van der Waals surface area contributed by atoms with Gasteiger partial charge in [0, 0.05) is 13.1 Å². The predicted molar refractivity (Wildman–Crippen MR) is 91.9 cm³/mol. The zero-order chi connectivity index (χ0) is 16.1. The minimum Gasteiger partial charge on any atom is -0.360 e. The van der Waals surface area contributed by atoms with E-state index < -0.39 is 0 Å². The van der Waals surface area contributed by atoms with Crippen molar-refractivity contribution >= 4 is 28.9 Å². The van der Waals surface area contributed by atoms with Crippen LogP contribution in [0, 0.1) is 13.8 Å². The monoisotopic (exact) mass is 323 g/mol. The molecule has 1 aromatic rings. The van der Waals surface area contributed by atoms with Gasteiger partial charge in [-0.1, -0.05) is 19.3 Å². The van der Waals surface area contributed by atoms with Crippen molar-refractivity contribution < 1.29 is 4.79 Å². The Morgan fingerprint density at radius 1 is 1.32 bits per heavy atom. The molecule has 6 nitrogen and oxygen atoms in total. The third-order valence-corrected chi connectivity index (χ3v) is 4.39. The summed E-state index contributed by atoms with van der Waals surface area (Å²) in [6, 6.07) is 0.444. The number of anilines is 1. The minimum atomic E-state index is -0.119. The maximum absolute atomic E-state index is 12.0. The molecule has 2 rings (SSSR count). The number of carbonyl (C=O) groups is 1. The Labute approximate surface area is 137 Å². The lowest BCUT2D eigenvalue weighted by Gasteiger charge is -2.24. The van der Waals surface area contributed by atoms with E-state index in [1.807, 2.05) is 20.9 Å². The minimum absolute atomic E-state index is 0.119. The molecular weight excluding hydrogens is 298 g/mol. The number of hydrogen-bond donors (Lipinski definition) is 3.